The lowest BCUT2D eigenvalue weighted by Gasteiger charge is -2.02. The van der Waals surface area contributed by atoms with Crippen LogP contribution in [0.25, 0.3) is 10.6 Å². The first-order chi connectivity index (χ1) is 11.2. The molecule has 7 heteroatoms. The Kier molecular flexibility index (Phi) is 4.68. The Balaban J connectivity index is 1.81. The Hall–Kier alpha value is -2.25. The van der Waals surface area contributed by atoms with Crippen LogP contribution in [0.4, 0.5) is 5.82 Å². The zero-order chi connectivity index (χ0) is 16.2. The fourth-order valence-electron chi connectivity index (χ4n) is 1.98. The molecule has 1 N–H and O–H groups in total. The maximum Gasteiger partial charge on any atom is 0.268 e. The number of thiazole rings is 1. The number of thioether (sulfide) groups is 1. The summed E-state index contributed by atoms with van der Waals surface area (Å²) in [6.45, 7) is 1.83. The fraction of sp³-hybridized carbons (Fsp3) is 0.125. The van der Waals surface area contributed by atoms with Crippen molar-refractivity contribution in [1.29, 1.82) is 0 Å². The van der Waals surface area contributed by atoms with E-state index in [2.05, 4.69) is 20.5 Å². The molecule has 1 aromatic carbocycles. The second kappa shape index (κ2) is 6.89. The molecule has 2 heterocycles. The summed E-state index contributed by atoms with van der Waals surface area (Å²) < 4.78 is 0. The predicted molar refractivity (Wildman–Crippen MR) is 94.1 cm³/mol. The van der Waals surface area contributed by atoms with Gasteiger partial charge in [0.15, 0.2) is 5.82 Å². The van der Waals surface area contributed by atoms with Gasteiger partial charge >= 0.3 is 0 Å². The van der Waals surface area contributed by atoms with E-state index >= 15 is 0 Å². The molecule has 116 valence electrons. The lowest BCUT2D eigenvalue weighted by Crippen LogP contribution is -2.13. The van der Waals surface area contributed by atoms with Crippen LogP contribution in [0.5, 0.6) is 0 Å². The smallest absolute Gasteiger partial charge is 0.268 e. The van der Waals surface area contributed by atoms with Gasteiger partial charge in [-0.1, -0.05) is 30.3 Å². The minimum Gasteiger partial charge on any atom is -0.304 e. The topological polar surface area (TPSA) is 67.8 Å². The van der Waals surface area contributed by atoms with Crippen molar-refractivity contribution in [2.75, 3.05) is 11.6 Å². The summed E-state index contributed by atoms with van der Waals surface area (Å²) in [5, 5.41) is 12.4. The molecule has 5 nitrogen and oxygen atoms in total. The number of nitrogens with zero attached hydrogens (tertiary/aromatic N) is 3. The average molecular weight is 342 g/mol. The van der Waals surface area contributed by atoms with Gasteiger partial charge in [0.2, 0.25) is 0 Å². The quantitative estimate of drug-likeness (QED) is 0.729. The second-order valence-electron chi connectivity index (χ2n) is 4.71. The molecule has 1 amide bonds. The third kappa shape index (κ3) is 3.57. The summed E-state index contributed by atoms with van der Waals surface area (Å²) in [5.74, 6) is 0.218. The van der Waals surface area contributed by atoms with E-state index < -0.39 is 0 Å². The number of nitrogens with one attached hydrogen (secondary N) is 1. The highest BCUT2D eigenvalue weighted by Crippen LogP contribution is 2.28. The number of anilines is 1. The molecule has 0 fully saturated rings. The lowest BCUT2D eigenvalue weighted by molar-refractivity contribution is 0.102. The molecule has 0 spiro atoms. The van der Waals surface area contributed by atoms with Crippen LogP contribution in [-0.4, -0.2) is 27.3 Å². The lowest BCUT2D eigenvalue weighted by atomic mass is 10.2. The van der Waals surface area contributed by atoms with E-state index in [9.17, 15) is 4.79 Å². The molecule has 0 radical (unpaired) electrons. The third-order valence-electron chi connectivity index (χ3n) is 3.11. The zero-order valence-corrected chi connectivity index (χ0v) is 14.2. The van der Waals surface area contributed by atoms with Crippen molar-refractivity contribution < 1.29 is 4.79 Å². The standard InChI is InChI=1S/C16H14N4OS2/c1-10-14(23-16(17-10)11-6-4-3-5-7-11)15(21)18-12-8-9-13(22-2)20-19-12/h3-9H,1-2H3,(H,18,19,21). The largest absolute Gasteiger partial charge is 0.304 e. The van der Waals surface area contributed by atoms with Crippen molar-refractivity contribution in [3.63, 3.8) is 0 Å². The highest BCUT2D eigenvalue weighted by Gasteiger charge is 2.16. The van der Waals surface area contributed by atoms with E-state index in [4.69, 9.17) is 0 Å². The minimum atomic E-state index is -0.214. The van der Waals surface area contributed by atoms with Gasteiger partial charge in [0.05, 0.1) is 5.69 Å². The Morgan fingerprint density at radius 3 is 2.57 bits per heavy atom. The second-order valence-corrected chi connectivity index (χ2v) is 6.54. The summed E-state index contributed by atoms with van der Waals surface area (Å²) in [4.78, 5) is 17.5. The number of hydrogen-bond donors (Lipinski definition) is 1. The summed E-state index contributed by atoms with van der Waals surface area (Å²) >= 11 is 2.87. The molecule has 3 aromatic rings. The average Bonchev–Trinajstić information content (AvgIpc) is 2.98. The molecule has 0 atom stereocenters. The molecule has 0 saturated carbocycles. The van der Waals surface area contributed by atoms with E-state index in [1.165, 1.54) is 23.1 Å². The van der Waals surface area contributed by atoms with Gasteiger partial charge in [-0.25, -0.2) is 4.98 Å². The maximum absolute atomic E-state index is 12.4. The highest BCUT2D eigenvalue weighted by atomic mass is 32.2. The first kappa shape index (κ1) is 15.6. The molecule has 0 bridgehead atoms. The van der Waals surface area contributed by atoms with Crippen molar-refractivity contribution in [2.24, 2.45) is 0 Å². The molecule has 3 rings (SSSR count). The van der Waals surface area contributed by atoms with Gasteiger partial charge in [-0.3, -0.25) is 4.79 Å². The van der Waals surface area contributed by atoms with Crippen molar-refractivity contribution in [2.45, 2.75) is 11.9 Å². The molecular formula is C16H14N4OS2. The van der Waals surface area contributed by atoms with Gasteiger partial charge in [-0.15, -0.1) is 33.3 Å². The molecule has 0 aliphatic carbocycles. The van der Waals surface area contributed by atoms with Crippen LogP contribution < -0.4 is 5.32 Å². The number of benzene rings is 1. The van der Waals surface area contributed by atoms with Crippen LogP contribution in [0.15, 0.2) is 47.5 Å². The summed E-state index contributed by atoms with van der Waals surface area (Å²) in [7, 11) is 0. The van der Waals surface area contributed by atoms with E-state index in [0.717, 1.165) is 15.6 Å². The number of carbonyl (C=O) groups excluding carboxylic acids is 1. The summed E-state index contributed by atoms with van der Waals surface area (Å²) in [6.07, 6.45) is 1.92. The normalized spacial score (nSPS) is 10.5. The molecule has 0 aliphatic rings. The maximum atomic E-state index is 12.4. The molecule has 23 heavy (non-hydrogen) atoms. The SMILES string of the molecule is CSc1ccc(NC(=O)c2sc(-c3ccccc3)nc2C)nn1. The predicted octanol–water partition coefficient (Wildman–Crippen LogP) is 3.88. The van der Waals surface area contributed by atoms with Crippen molar-refractivity contribution in [3.8, 4) is 10.6 Å². The Bertz CT molecular complexity index is 816. The van der Waals surface area contributed by atoms with Crippen LogP contribution in [-0.2, 0) is 0 Å². The zero-order valence-electron chi connectivity index (χ0n) is 12.6. The first-order valence-electron chi connectivity index (χ1n) is 6.89. The van der Waals surface area contributed by atoms with E-state index in [1.807, 2.05) is 49.6 Å². The highest BCUT2D eigenvalue weighted by molar-refractivity contribution is 7.98. The number of rotatable bonds is 4. The van der Waals surface area contributed by atoms with Crippen molar-refractivity contribution >= 4 is 34.8 Å². The van der Waals surface area contributed by atoms with Crippen LogP contribution in [0.1, 0.15) is 15.4 Å². The molecule has 0 saturated heterocycles. The molecule has 0 unspecified atom stereocenters. The van der Waals surface area contributed by atoms with Gasteiger partial charge < -0.3 is 5.32 Å². The molecule has 2 aromatic heterocycles. The van der Waals surface area contributed by atoms with Gasteiger partial charge in [-0.05, 0) is 25.3 Å². The Labute approximate surface area is 142 Å². The van der Waals surface area contributed by atoms with Crippen LogP contribution >= 0.6 is 23.1 Å². The van der Waals surface area contributed by atoms with E-state index in [1.54, 1.807) is 6.07 Å². The number of carbonyl (C=O) groups is 1. The molecule has 0 aliphatic heterocycles. The minimum absolute atomic E-state index is 0.214. The van der Waals surface area contributed by atoms with E-state index in [0.29, 0.717) is 16.4 Å². The molecular weight excluding hydrogens is 328 g/mol. The number of aryl methyl sites for hydroxylation is 1. The van der Waals surface area contributed by atoms with Crippen LogP contribution in [0.2, 0.25) is 0 Å². The van der Waals surface area contributed by atoms with Crippen LogP contribution in [0, 0.1) is 6.92 Å². The van der Waals surface area contributed by atoms with E-state index in [-0.39, 0.29) is 5.91 Å². The first-order valence-corrected chi connectivity index (χ1v) is 8.93. The van der Waals surface area contributed by atoms with Gasteiger partial charge in [0.25, 0.3) is 5.91 Å². The fourth-order valence-corrected chi connectivity index (χ4v) is 3.27. The Morgan fingerprint density at radius 2 is 1.91 bits per heavy atom. The number of amides is 1. The monoisotopic (exact) mass is 342 g/mol. The Morgan fingerprint density at radius 1 is 1.13 bits per heavy atom. The van der Waals surface area contributed by atoms with Gasteiger partial charge in [0, 0.05) is 5.56 Å². The van der Waals surface area contributed by atoms with Crippen LogP contribution in [0.3, 0.4) is 0 Å². The van der Waals surface area contributed by atoms with Crippen molar-refractivity contribution in [3.05, 3.63) is 53.0 Å². The van der Waals surface area contributed by atoms with Crippen molar-refractivity contribution in [1.82, 2.24) is 15.2 Å². The van der Waals surface area contributed by atoms with Gasteiger partial charge in [-0.2, -0.15) is 0 Å². The third-order valence-corrected chi connectivity index (χ3v) is 4.96. The summed E-state index contributed by atoms with van der Waals surface area (Å²) in [6, 6.07) is 13.4. The summed E-state index contributed by atoms with van der Waals surface area (Å²) in [5.41, 5.74) is 1.71. The van der Waals surface area contributed by atoms with Gasteiger partial charge in [0.1, 0.15) is 14.9 Å². The number of hydrogen-bond acceptors (Lipinski definition) is 6. The number of aromatic nitrogens is 3.